The fraction of sp³-hybridized carbons (Fsp3) is 0.636. The van der Waals surface area contributed by atoms with Crippen LogP contribution >= 0.6 is 0 Å². The summed E-state index contributed by atoms with van der Waals surface area (Å²) in [5.74, 6) is 1.02. The molecule has 1 fully saturated rings. The van der Waals surface area contributed by atoms with Crippen LogP contribution in [0.2, 0.25) is 0 Å². The maximum atomic E-state index is 5.87. The fourth-order valence-electron chi connectivity index (χ4n) is 1.84. The first-order valence-corrected chi connectivity index (χ1v) is 5.99. The number of rotatable bonds is 5. The number of nitrogens with two attached hydrogens (primary N) is 1. The minimum absolute atomic E-state index is 0.402. The summed E-state index contributed by atoms with van der Waals surface area (Å²) < 4.78 is 10.3. The zero-order valence-corrected chi connectivity index (χ0v) is 10.6. The van der Waals surface area contributed by atoms with Crippen LogP contribution in [-0.2, 0) is 4.74 Å². The molecule has 7 heteroatoms. The molecule has 3 N–H and O–H groups in total. The van der Waals surface area contributed by atoms with Crippen LogP contribution in [0.4, 0.5) is 11.5 Å². The summed E-state index contributed by atoms with van der Waals surface area (Å²) in [5.41, 5.74) is 6.31. The Balaban J connectivity index is 1.82. The molecule has 2 heterocycles. The second-order valence-electron chi connectivity index (χ2n) is 4.03. The molecule has 0 saturated carbocycles. The molecule has 1 aliphatic rings. The lowest BCUT2D eigenvalue weighted by Gasteiger charge is -2.26. The van der Waals surface area contributed by atoms with Gasteiger partial charge in [0.25, 0.3) is 0 Å². The molecule has 1 aliphatic heterocycles. The van der Waals surface area contributed by atoms with Crippen molar-refractivity contribution in [3.63, 3.8) is 0 Å². The first-order valence-electron chi connectivity index (χ1n) is 5.99. The Morgan fingerprint density at radius 1 is 1.44 bits per heavy atom. The monoisotopic (exact) mass is 253 g/mol. The molecule has 0 aromatic carbocycles. The van der Waals surface area contributed by atoms with Gasteiger partial charge >= 0.3 is 0 Å². The lowest BCUT2D eigenvalue weighted by molar-refractivity contribution is 0.0398. The second-order valence-corrected chi connectivity index (χ2v) is 4.03. The van der Waals surface area contributed by atoms with Crippen LogP contribution in [0.25, 0.3) is 0 Å². The predicted octanol–water partition coefficient (Wildman–Crippen LogP) is -0.188. The molecule has 100 valence electrons. The number of hydrogen-bond acceptors (Lipinski definition) is 7. The van der Waals surface area contributed by atoms with Gasteiger partial charge in [0.15, 0.2) is 5.82 Å². The van der Waals surface area contributed by atoms with Crippen LogP contribution < -0.4 is 15.8 Å². The topological polar surface area (TPSA) is 85.5 Å². The zero-order chi connectivity index (χ0) is 12.8. The van der Waals surface area contributed by atoms with Gasteiger partial charge in [-0.2, -0.15) is 4.98 Å². The highest BCUT2D eigenvalue weighted by Crippen LogP contribution is 2.23. The zero-order valence-electron chi connectivity index (χ0n) is 10.6. The van der Waals surface area contributed by atoms with Gasteiger partial charge in [0.05, 0.1) is 20.3 Å². The minimum Gasteiger partial charge on any atom is -0.479 e. The lowest BCUT2D eigenvalue weighted by atomic mass is 10.4. The standard InChI is InChI=1S/C11H19N5O2/c1-17-11-9(12)10(14-8-15-11)13-2-3-16-4-6-18-7-5-16/h8H,2-7,12H2,1H3,(H,13,14,15). The third-order valence-electron chi connectivity index (χ3n) is 2.86. The van der Waals surface area contributed by atoms with E-state index < -0.39 is 0 Å². The average Bonchev–Trinajstić information content (AvgIpc) is 2.42. The highest BCUT2D eigenvalue weighted by molar-refractivity contribution is 5.66. The van der Waals surface area contributed by atoms with Crippen molar-refractivity contribution in [3.8, 4) is 5.88 Å². The van der Waals surface area contributed by atoms with Crippen LogP contribution in [0.15, 0.2) is 6.33 Å². The van der Waals surface area contributed by atoms with E-state index in [1.165, 1.54) is 13.4 Å². The molecule has 18 heavy (non-hydrogen) atoms. The summed E-state index contributed by atoms with van der Waals surface area (Å²) in [6.07, 6.45) is 1.44. The second kappa shape index (κ2) is 6.36. The quantitative estimate of drug-likeness (QED) is 0.752. The third-order valence-corrected chi connectivity index (χ3v) is 2.86. The summed E-state index contributed by atoms with van der Waals surface area (Å²) >= 11 is 0. The maximum Gasteiger partial charge on any atom is 0.242 e. The lowest BCUT2D eigenvalue weighted by Crippen LogP contribution is -2.39. The predicted molar refractivity (Wildman–Crippen MR) is 68.7 cm³/mol. The van der Waals surface area contributed by atoms with E-state index in [1.807, 2.05) is 0 Å². The van der Waals surface area contributed by atoms with Gasteiger partial charge in [-0.25, -0.2) is 4.98 Å². The molecule has 1 aromatic heterocycles. The Bertz CT molecular complexity index is 382. The summed E-state index contributed by atoms with van der Waals surface area (Å²) in [6.45, 7) is 5.29. The molecule has 0 aliphatic carbocycles. The number of nitrogens with one attached hydrogen (secondary N) is 1. The first kappa shape index (κ1) is 12.8. The fourth-order valence-corrected chi connectivity index (χ4v) is 1.84. The summed E-state index contributed by atoms with van der Waals surface area (Å²) in [4.78, 5) is 10.4. The van der Waals surface area contributed by atoms with E-state index in [-0.39, 0.29) is 0 Å². The van der Waals surface area contributed by atoms with Crippen LogP contribution in [-0.4, -0.2) is 61.4 Å². The average molecular weight is 253 g/mol. The van der Waals surface area contributed by atoms with E-state index in [1.54, 1.807) is 0 Å². The van der Waals surface area contributed by atoms with Crippen molar-refractivity contribution in [3.05, 3.63) is 6.33 Å². The maximum absolute atomic E-state index is 5.87. The van der Waals surface area contributed by atoms with Crippen molar-refractivity contribution in [1.82, 2.24) is 14.9 Å². The van der Waals surface area contributed by atoms with Crippen LogP contribution in [0.3, 0.4) is 0 Å². The molecule has 0 amide bonds. The van der Waals surface area contributed by atoms with E-state index in [2.05, 4.69) is 20.2 Å². The van der Waals surface area contributed by atoms with Crippen LogP contribution in [0.1, 0.15) is 0 Å². The van der Waals surface area contributed by atoms with Crippen molar-refractivity contribution in [2.75, 3.05) is 57.6 Å². The van der Waals surface area contributed by atoms with E-state index in [9.17, 15) is 0 Å². The van der Waals surface area contributed by atoms with Gasteiger partial charge < -0.3 is 20.5 Å². The van der Waals surface area contributed by atoms with Crippen molar-refractivity contribution < 1.29 is 9.47 Å². The number of nitrogens with zero attached hydrogens (tertiary/aromatic N) is 3. The highest BCUT2D eigenvalue weighted by Gasteiger charge is 2.11. The Morgan fingerprint density at radius 2 is 2.22 bits per heavy atom. The van der Waals surface area contributed by atoms with Gasteiger partial charge in [-0.1, -0.05) is 0 Å². The summed E-state index contributed by atoms with van der Waals surface area (Å²) in [5, 5.41) is 3.20. The molecule has 7 nitrogen and oxygen atoms in total. The molecular weight excluding hydrogens is 234 g/mol. The highest BCUT2D eigenvalue weighted by atomic mass is 16.5. The number of methoxy groups -OCH3 is 1. The van der Waals surface area contributed by atoms with Gasteiger partial charge in [0, 0.05) is 26.2 Å². The minimum atomic E-state index is 0.402. The molecule has 1 saturated heterocycles. The molecule has 1 aromatic rings. The normalized spacial score (nSPS) is 16.5. The van der Waals surface area contributed by atoms with Crippen molar-refractivity contribution in [1.29, 1.82) is 0 Å². The molecular formula is C11H19N5O2. The molecule has 0 radical (unpaired) electrons. The van der Waals surface area contributed by atoms with Crippen LogP contribution in [0.5, 0.6) is 5.88 Å². The molecule has 0 unspecified atom stereocenters. The largest absolute Gasteiger partial charge is 0.479 e. The van der Waals surface area contributed by atoms with Gasteiger partial charge in [0.1, 0.15) is 12.0 Å². The van der Waals surface area contributed by atoms with Gasteiger partial charge in [0.2, 0.25) is 5.88 Å². The Hall–Kier alpha value is -1.60. The first-order chi connectivity index (χ1) is 8.81. The van der Waals surface area contributed by atoms with Crippen molar-refractivity contribution in [2.24, 2.45) is 0 Å². The van der Waals surface area contributed by atoms with Crippen molar-refractivity contribution >= 4 is 11.5 Å². The number of ether oxygens (including phenoxy) is 2. The van der Waals surface area contributed by atoms with Gasteiger partial charge in [-0.15, -0.1) is 0 Å². The Morgan fingerprint density at radius 3 is 2.94 bits per heavy atom. The Kier molecular flexibility index (Phi) is 4.54. The van der Waals surface area contributed by atoms with Crippen LogP contribution in [0, 0.1) is 0 Å². The summed E-state index contributed by atoms with van der Waals surface area (Å²) in [6, 6.07) is 0. The van der Waals surface area contributed by atoms with Gasteiger partial charge in [-0.05, 0) is 0 Å². The van der Waals surface area contributed by atoms with Crippen molar-refractivity contribution in [2.45, 2.75) is 0 Å². The smallest absolute Gasteiger partial charge is 0.242 e. The SMILES string of the molecule is COc1ncnc(NCCN2CCOCC2)c1N. The van der Waals surface area contributed by atoms with E-state index >= 15 is 0 Å². The molecule has 2 rings (SSSR count). The van der Waals surface area contributed by atoms with E-state index in [0.717, 1.165) is 39.4 Å². The number of nitrogen functional groups attached to an aromatic ring is 1. The molecule has 0 spiro atoms. The van der Waals surface area contributed by atoms with Gasteiger partial charge in [-0.3, -0.25) is 4.90 Å². The van der Waals surface area contributed by atoms with E-state index in [4.69, 9.17) is 15.2 Å². The molecule has 0 bridgehead atoms. The summed E-state index contributed by atoms with van der Waals surface area (Å²) in [7, 11) is 1.54. The number of hydrogen-bond donors (Lipinski definition) is 2. The molecule has 0 atom stereocenters. The number of anilines is 2. The van der Waals surface area contributed by atoms with E-state index in [0.29, 0.717) is 17.4 Å². The Labute approximate surface area is 106 Å². The number of aromatic nitrogens is 2. The third kappa shape index (κ3) is 3.21. The number of morpholine rings is 1.